The Morgan fingerprint density at radius 1 is 1.53 bits per heavy atom. The van der Waals surface area contributed by atoms with Gasteiger partial charge in [-0.25, -0.2) is 4.98 Å². The first-order chi connectivity index (χ1) is 8.20. The standard InChI is InChI=1S/C11H16N4O2/c1-14(9-4-7-12-8-5-9)11-10(15(16)17)3-2-6-13-11/h2-3,6,9,12H,4-5,7-8H2,1H3. The Labute approximate surface area is 99.8 Å². The fraction of sp³-hybridized carbons (Fsp3) is 0.545. The molecule has 0 aliphatic carbocycles. The van der Waals surface area contributed by atoms with Gasteiger partial charge in [-0.15, -0.1) is 0 Å². The largest absolute Gasteiger partial charge is 0.351 e. The lowest BCUT2D eigenvalue weighted by Crippen LogP contribution is -2.41. The van der Waals surface area contributed by atoms with Gasteiger partial charge in [-0.2, -0.15) is 0 Å². The number of anilines is 1. The van der Waals surface area contributed by atoms with Crippen LogP contribution in [0.15, 0.2) is 18.3 Å². The highest BCUT2D eigenvalue weighted by Crippen LogP contribution is 2.27. The molecule has 1 aromatic rings. The van der Waals surface area contributed by atoms with Gasteiger partial charge in [0.15, 0.2) is 0 Å². The monoisotopic (exact) mass is 236 g/mol. The SMILES string of the molecule is CN(c1ncccc1[N+](=O)[O-])C1CCNCC1. The summed E-state index contributed by atoms with van der Waals surface area (Å²) in [4.78, 5) is 16.6. The van der Waals surface area contributed by atoms with Crippen LogP contribution < -0.4 is 10.2 Å². The Bertz CT molecular complexity index is 404. The second-order valence-corrected chi connectivity index (χ2v) is 4.20. The summed E-state index contributed by atoms with van der Waals surface area (Å²) in [5, 5.41) is 14.2. The number of nitrogens with zero attached hydrogens (tertiary/aromatic N) is 3. The topological polar surface area (TPSA) is 71.3 Å². The molecule has 1 saturated heterocycles. The first-order valence-electron chi connectivity index (χ1n) is 5.73. The molecule has 92 valence electrons. The molecule has 0 radical (unpaired) electrons. The Morgan fingerprint density at radius 2 is 2.24 bits per heavy atom. The number of nitrogens with one attached hydrogen (secondary N) is 1. The summed E-state index contributed by atoms with van der Waals surface area (Å²) in [6.45, 7) is 1.91. The highest BCUT2D eigenvalue weighted by Gasteiger charge is 2.24. The smallest absolute Gasteiger partial charge is 0.311 e. The lowest BCUT2D eigenvalue weighted by molar-refractivity contribution is -0.384. The van der Waals surface area contributed by atoms with E-state index in [1.165, 1.54) is 6.07 Å². The van der Waals surface area contributed by atoms with Gasteiger partial charge in [-0.1, -0.05) is 0 Å². The van der Waals surface area contributed by atoms with E-state index in [4.69, 9.17) is 0 Å². The van der Waals surface area contributed by atoms with Crippen LogP contribution >= 0.6 is 0 Å². The molecular formula is C11H16N4O2. The predicted molar refractivity (Wildman–Crippen MR) is 65.2 cm³/mol. The van der Waals surface area contributed by atoms with E-state index in [9.17, 15) is 10.1 Å². The van der Waals surface area contributed by atoms with Crippen LogP contribution in [-0.2, 0) is 0 Å². The molecule has 1 aliphatic heterocycles. The molecule has 1 N–H and O–H groups in total. The van der Waals surface area contributed by atoms with Crippen LogP contribution in [0.5, 0.6) is 0 Å². The number of nitro groups is 1. The zero-order chi connectivity index (χ0) is 12.3. The fourth-order valence-corrected chi connectivity index (χ4v) is 2.17. The summed E-state index contributed by atoms with van der Waals surface area (Å²) in [6.07, 6.45) is 3.58. The van der Waals surface area contributed by atoms with E-state index < -0.39 is 0 Å². The molecule has 0 unspecified atom stereocenters. The van der Waals surface area contributed by atoms with E-state index in [2.05, 4.69) is 10.3 Å². The van der Waals surface area contributed by atoms with Crippen LogP contribution in [0.1, 0.15) is 12.8 Å². The number of piperidine rings is 1. The minimum Gasteiger partial charge on any atom is -0.351 e. The van der Waals surface area contributed by atoms with E-state index in [0.717, 1.165) is 25.9 Å². The third kappa shape index (κ3) is 2.52. The molecule has 2 rings (SSSR count). The first-order valence-corrected chi connectivity index (χ1v) is 5.73. The summed E-state index contributed by atoms with van der Waals surface area (Å²) < 4.78 is 0. The molecule has 6 nitrogen and oxygen atoms in total. The molecular weight excluding hydrogens is 220 g/mol. The quantitative estimate of drug-likeness (QED) is 0.630. The zero-order valence-electron chi connectivity index (χ0n) is 9.80. The molecule has 0 aromatic carbocycles. The van der Waals surface area contributed by atoms with Crippen molar-refractivity contribution in [2.75, 3.05) is 25.0 Å². The van der Waals surface area contributed by atoms with Gasteiger partial charge in [-0.3, -0.25) is 10.1 Å². The van der Waals surface area contributed by atoms with Crippen LogP contribution in [0.4, 0.5) is 11.5 Å². The molecule has 1 fully saturated rings. The fourth-order valence-electron chi connectivity index (χ4n) is 2.17. The van der Waals surface area contributed by atoms with E-state index in [0.29, 0.717) is 11.9 Å². The highest BCUT2D eigenvalue weighted by atomic mass is 16.6. The summed E-state index contributed by atoms with van der Waals surface area (Å²) in [6, 6.07) is 3.42. The van der Waals surface area contributed by atoms with Crippen LogP contribution in [0, 0.1) is 10.1 Å². The second-order valence-electron chi connectivity index (χ2n) is 4.20. The molecule has 0 saturated carbocycles. The minimum atomic E-state index is -0.375. The van der Waals surface area contributed by atoms with Gasteiger partial charge in [0.05, 0.1) is 4.92 Å². The van der Waals surface area contributed by atoms with Crippen LogP contribution in [-0.4, -0.2) is 36.1 Å². The van der Waals surface area contributed by atoms with Crippen molar-refractivity contribution in [1.29, 1.82) is 0 Å². The van der Waals surface area contributed by atoms with E-state index in [1.807, 2.05) is 11.9 Å². The van der Waals surface area contributed by atoms with Gasteiger partial charge in [0.2, 0.25) is 5.82 Å². The van der Waals surface area contributed by atoms with Crippen molar-refractivity contribution < 1.29 is 4.92 Å². The summed E-state index contributed by atoms with van der Waals surface area (Å²) in [5.74, 6) is 0.462. The van der Waals surface area contributed by atoms with Crippen molar-refractivity contribution in [3.63, 3.8) is 0 Å². The van der Waals surface area contributed by atoms with Crippen molar-refractivity contribution in [3.8, 4) is 0 Å². The summed E-state index contributed by atoms with van der Waals surface area (Å²) in [5.41, 5.74) is 0.0773. The second kappa shape index (κ2) is 5.09. The average molecular weight is 236 g/mol. The van der Waals surface area contributed by atoms with E-state index >= 15 is 0 Å². The lowest BCUT2D eigenvalue weighted by Gasteiger charge is -2.31. The number of pyridine rings is 1. The Hall–Kier alpha value is -1.69. The highest BCUT2D eigenvalue weighted by molar-refractivity contribution is 5.57. The third-order valence-corrected chi connectivity index (χ3v) is 3.15. The normalized spacial score (nSPS) is 16.8. The first kappa shape index (κ1) is 11.8. The van der Waals surface area contributed by atoms with Crippen molar-refractivity contribution in [2.45, 2.75) is 18.9 Å². The molecule has 2 heterocycles. The van der Waals surface area contributed by atoms with Gasteiger partial charge >= 0.3 is 5.69 Å². The summed E-state index contributed by atoms with van der Waals surface area (Å²) in [7, 11) is 1.88. The van der Waals surface area contributed by atoms with E-state index in [1.54, 1.807) is 12.3 Å². The van der Waals surface area contributed by atoms with Gasteiger partial charge in [0, 0.05) is 25.4 Å². The number of hydrogen-bond donors (Lipinski definition) is 1. The van der Waals surface area contributed by atoms with Gasteiger partial charge < -0.3 is 10.2 Å². The molecule has 0 atom stereocenters. The summed E-state index contributed by atoms with van der Waals surface area (Å²) >= 11 is 0. The van der Waals surface area contributed by atoms with Crippen LogP contribution in [0.25, 0.3) is 0 Å². The molecule has 1 aliphatic rings. The van der Waals surface area contributed by atoms with Crippen molar-refractivity contribution in [1.82, 2.24) is 10.3 Å². The Balaban J connectivity index is 2.23. The predicted octanol–water partition coefficient (Wildman–Crippen LogP) is 1.18. The van der Waals surface area contributed by atoms with Crippen molar-refractivity contribution in [2.24, 2.45) is 0 Å². The number of rotatable bonds is 3. The maximum atomic E-state index is 10.9. The average Bonchev–Trinajstić information content (AvgIpc) is 2.39. The lowest BCUT2D eigenvalue weighted by atomic mass is 10.1. The van der Waals surface area contributed by atoms with Crippen molar-refractivity contribution in [3.05, 3.63) is 28.4 Å². The van der Waals surface area contributed by atoms with E-state index in [-0.39, 0.29) is 10.6 Å². The van der Waals surface area contributed by atoms with Gasteiger partial charge in [0.25, 0.3) is 0 Å². The maximum Gasteiger partial charge on any atom is 0.311 e. The number of aromatic nitrogens is 1. The third-order valence-electron chi connectivity index (χ3n) is 3.15. The molecule has 0 bridgehead atoms. The molecule has 0 spiro atoms. The van der Waals surface area contributed by atoms with Gasteiger partial charge in [-0.05, 0) is 32.0 Å². The minimum absolute atomic E-state index is 0.0773. The maximum absolute atomic E-state index is 10.9. The Kier molecular flexibility index (Phi) is 3.53. The van der Waals surface area contributed by atoms with Crippen LogP contribution in [0.3, 0.4) is 0 Å². The zero-order valence-corrected chi connectivity index (χ0v) is 9.80. The molecule has 1 aromatic heterocycles. The van der Waals surface area contributed by atoms with Crippen molar-refractivity contribution >= 4 is 11.5 Å². The van der Waals surface area contributed by atoms with Crippen LogP contribution in [0.2, 0.25) is 0 Å². The Morgan fingerprint density at radius 3 is 2.88 bits per heavy atom. The molecule has 6 heteroatoms. The van der Waals surface area contributed by atoms with Gasteiger partial charge in [0.1, 0.15) is 0 Å². The number of hydrogen-bond acceptors (Lipinski definition) is 5. The molecule has 17 heavy (non-hydrogen) atoms. The molecule has 0 amide bonds.